The van der Waals surface area contributed by atoms with Crippen LogP contribution in [0.3, 0.4) is 0 Å². The van der Waals surface area contributed by atoms with E-state index in [-0.39, 0.29) is 23.5 Å². The highest BCUT2D eigenvalue weighted by atomic mass is 35.5. The van der Waals surface area contributed by atoms with Gasteiger partial charge in [-0.3, -0.25) is 9.88 Å². The van der Waals surface area contributed by atoms with E-state index in [1.54, 1.807) is 6.20 Å². The molecule has 8 nitrogen and oxygen atoms in total. The average molecular weight is 647 g/mol. The number of pyridine rings is 1. The number of nitrogens with one attached hydrogen (secondary N) is 2. The van der Waals surface area contributed by atoms with Gasteiger partial charge in [-0.25, -0.2) is 4.68 Å². The van der Waals surface area contributed by atoms with Crippen molar-refractivity contribution in [1.29, 1.82) is 5.26 Å². The Morgan fingerprint density at radius 1 is 0.936 bits per heavy atom. The van der Waals surface area contributed by atoms with Gasteiger partial charge in [0.05, 0.1) is 46.1 Å². The van der Waals surface area contributed by atoms with E-state index in [9.17, 15) is 5.26 Å². The van der Waals surface area contributed by atoms with Gasteiger partial charge in [0, 0.05) is 35.9 Å². The molecule has 3 heterocycles. The zero-order valence-corrected chi connectivity index (χ0v) is 28.5. The molecule has 0 radical (unpaired) electrons. The fourth-order valence-corrected chi connectivity index (χ4v) is 6.84. The summed E-state index contributed by atoms with van der Waals surface area (Å²) in [6.45, 7) is 13.2. The van der Waals surface area contributed by atoms with Crippen molar-refractivity contribution >= 4 is 33.9 Å². The minimum absolute atomic E-state index is 0.0216. The second-order valence-corrected chi connectivity index (χ2v) is 14.2. The van der Waals surface area contributed by atoms with Crippen molar-refractivity contribution < 1.29 is 0 Å². The van der Waals surface area contributed by atoms with Crippen molar-refractivity contribution in [2.24, 2.45) is 5.92 Å². The van der Waals surface area contributed by atoms with Gasteiger partial charge in [-0.05, 0) is 62.8 Å². The molecule has 1 unspecified atom stereocenters. The highest BCUT2D eigenvalue weighted by Crippen LogP contribution is 2.38. The number of benzene rings is 3. The first-order valence-corrected chi connectivity index (χ1v) is 16.8. The number of fused-ring (bicyclic) bond motifs is 1. The number of halogens is 1. The summed E-state index contributed by atoms with van der Waals surface area (Å²) in [5.41, 5.74) is 5.82. The summed E-state index contributed by atoms with van der Waals surface area (Å²) in [7, 11) is 0. The molecule has 6 rings (SSSR count). The minimum Gasteiger partial charge on any atom is -0.376 e. The molecule has 0 saturated carbocycles. The summed E-state index contributed by atoms with van der Waals surface area (Å²) in [4.78, 5) is 7.14. The van der Waals surface area contributed by atoms with Gasteiger partial charge in [-0.1, -0.05) is 91.3 Å². The van der Waals surface area contributed by atoms with Gasteiger partial charge in [0.15, 0.2) is 0 Å². The highest BCUT2D eigenvalue weighted by Gasteiger charge is 2.29. The number of hydrogen-bond donors (Lipinski definition) is 2. The number of nitriles is 1. The van der Waals surface area contributed by atoms with Crippen molar-refractivity contribution in [3.05, 3.63) is 113 Å². The molecule has 47 heavy (non-hydrogen) atoms. The molecule has 1 aliphatic heterocycles. The zero-order valence-electron chi connectivity index (χ0n) is 27.8. The van der Waals surface area contributed by atoms with E-state index in [0.717, 1.165) is 59.5 Å². The van der Waals surface area contributed by atoms with Gasteiger partial charge in [0.2, 0.25) is 0 Å². The number of anilines is 2. The maximum atomic E-state index is 10.1. The first-order valence-electron chi connectivity index (χ1n) is 16.4. The standard InChI is InChI=1S/C38H43ClN8/c1-25(2)34(26-12-8-6-9-13-26)43-35-28(22-40)23-41-37-31(35)20-29(21-32(37)39)42-36(27-14-10-7-11-15-27)33-24-47(45-44-33)30-16-18-46(19-17-30)38(3,4)5/h6-15,20-21,23-25,30,34,36,42H,16-19H2,1-5H3,(H,41,43)/t34?,36-/m0/s1. The topological polar surface area (TPSA) is 94.7 Å². The van der Waals surface area contributed by atoms with Crippen LogP contribution in [0.15, 0.2) is 85.2 Å². The Morgan fingerprint density at radius 2 is 1.60 bits per heavy atom. The van der Waals surface area contributed by atoms with Crippen LogP contribution in [0.4, 0.5) is 11.4 Å². The zero-order chi connectivity index (χ0) is 33.1. The molecule has 1 saturated heterocycles. The lowest BCUT2D eigenvalue weighted by molar-refractivity contribution is 0.0866. The Morgan fingerprint density at radius 3 is 2.21 bits per heavy atom. The largest absolute Gasteiger partial charge is 0.376 e. The third-order valence-electron chi connectivity index (χ3n) is 9.23. The van der Waals surface area contributed by atoms with E-state index in [0.29, 0.717) is 22.1 Å². The number of rotatable bonds is 9. The van der Waals surface area contributed by atoms with E-state index in [4.69, 9.17) is 16.7 Å². The molecular weight excluding hydrogens is 604 g/mol. The summed E-state index contributed by atoms with van der Waals surface area (Å²) >= 11 is 6.92. The van der Waals surface area contributed by atoms with E-state index < -0.39 is 0 Å². The van der Waals surface area contributed by atoms with Gasteiger partial charge in [-0.2, -0.15) is 5.26 Å². The van der Waals surface area contributed by atoms with Crippen LogP contribution in [0.25, 0.3) is 10.9 Å². The number of piperidine rings is 1. The fourth-order valence-electron chi connectivity index (χ4n) is 6.58. The third-order valence-corrected chi connectivity index (χ3v) is 9.51. The highest BCUT2D eigenvalue weighted by molar-refractivity contribution is 6.35. The number of nitrogens with zero attached hydrogens (tertiary/aromatic N) is 6. The fraction of sp³-hybridized carbons (Fsp3) is 0.368. The van der Waals surface area contributed by atoms with Crippen LogP contribution < -0.4 is 10.6 Å². The predicted octanol–water partition coefficient (Wildman–Crippen LogP) is 8.80. The lowest BCUT2D eigenvalue weighted by atomic mass is 9.95. The molecule has 0 amide bonds. The van der Waals surface area contributed by atoms with Gasteiger partial charge < -0.3 is 10.6 Å². The van der Waals surface area contributed by atoms with Crippen molar-refractivity contribution in [3.8, 4) is 6.07 Å². The van der Waals surface area contributed by atoms with Crippen molar-refractivity contribution in [1.82, 2.24) is 24.9 Å². The summed E-state index contributed by atoms with van der Waals surface area (Å²) in [6, 6.07) is 26.9. The first-order chi connectivity index (χ1) is 22.6. The average Bonchev–Trinajstić information content (AvgIpc) is 3.56. The van der Waals surface area contributed by atoms with E-state index >= 15 is 0 Å². The maximum absolute atomic E-state index is 10.1. The molecule has 2 N–H and O–H groups in total. The van der Waals surface area contributed by atoms with E-state index in [1.165, 1.54) is 0 Å². The first kappa shape index (κ1) is 32.5. The predicted molar refractivity (Wildman–Crippen MR) is 191 cm³/mol. The summed E-state index contributed by atoms with van der Waals surface area (Å²) in [5.74, 6) is 0.259. The minimum atomic E-state index is -0.274. The van der Waals surface area contributed by atoms with Crippen LogP contribution in [0.1, 0.15) is 88.0 Å². The van der Waals surface area contributed by atoms with Crippen molar-refractivity contribution in [2.45, 2.75) is 71.1 Å². The molecule has 1 aliphatic rings. The lowest BCUT2D eigenvalue weighted by Crippen LogP contribution is -2.46. The lowest BCUT2D eigenvalue weighted by Gasteiger charge is -2.40. The van der Waals surface area contributed by atoms with Crippen LogP contribution in [0.2, 0.25) is 5.02 Å². The van der Waals surface area contributed by atoms with E-state index in [2.05, 4.69) is 96.9 Å². The van der Waals surface area contributed by atoms with Crippen LogP contribution in [0, 0.1) is 17.2 Å². The summed E-state index contributed by atoms with van der Waals surface area (Å²) in [6.07, 6.45) is 5.76. The Labute approximate surface area is 282 Å². The Bertz CT molecular complexity index is 1850. The molecule has 0 aliphatic carbocycles. The van der Waals surface area contributed by atoms with Gasteiger partial charge in [-0.15, -0.1) is 5.10 Å². The Balaban J connectivity index is 1.35. The second-order valence-electron chi connectivity index (χ2n) is 13.8. The molecular formula is C38H43ClN8. The van der Waals surface area contributed by atoms with Crippen LogP contribution in [-0.4, -0.2) is 43.5 Å². The smallest absolute Gasteiger partial charge is 0.109 e. The molecule has 0 spiro atoms. The van der Waals surface area contributed by atoms with Gasteiger partial charge >= 0.3 is 0 Å². The van der Waals surface area contributed by atoms with Crippen molar-refractivity contribution in [2.75, 3.05) is 23.7 Å². The van der Waals surface area contributed by atoms with Crippen LogP contribution >= 0.6 is 11.6 Å². The SMILES string of the molecule is CC(C)C(Nc1c(C#N)cnc2c(Cl)cc(N[C@@H](c3ccccc3)c3cn(C4CCN(C(C)(C)C)CC4)nn3)cc12)c1ccccc1. The van der Waals surface area contributed by atoms with Gasteiger partial charge in [0.25, 0.3) is 0 Å². The molecule has 5 aromatic rings. The molecule has 242 valence electrons. The molecule has 2 aromatic heterocycles. The maximum Gasteiger partial charge on any atom is 0.109 e. The molecule has 0 bridgehead atoms. The number of aromatic nitrogens is 4. The van der Waals surface area contributed by atoms with Crippen LogP contribution in [-0.2, 0) is 0 Å². The molecule has 1 fully saturated rings. The van der Waals surface area contributed by atoms with Gasteiger partial charge in [0.1, 0.15) is 11.8 Å². The molecule has 3 aromatic carbocycles. The van der Waals surface area contributed by atoms with Crippen molar-refractivity contribution in [3.63, 3.8) is 0 Å². The summed E-state index contributed by atoms with van der Waals surface area (Å²) < 4.78 is 2.04. The Kier molecular flexibility index (Phi) is 9.49. The third kappa shape index (κ3) is 7.12. The Hall–Kier alpha value is -4.45. The van der Waals surface area contributed by atoms with E-state index in [1.807, 2.05) is 53.2 Å². The molecule has 9 heteroatoms. The molecule has 2 atom stereocenters. The monoisotopic (exact) mass is 646 g/mol. The summed E-state index contributed by atoms with van der Waals surface area (Å²) in [5, 5.41) is 28.2. The number of hydrogen-bond acceptors (Lipinski definition) is 7. The van der Waals surface area contributed by atoms with Crippen LogP contribution in [0.5, 0.6) is 0 Å². The quantitative estimate of drug-likeness (QED) is 0.165. The normalized spacial score (nSPS) is 15.8. The number of likely N-dealkylation sites (tertiary alicyclic amines) is 1. The second kappa shape index (κ2) is 13.7.